The van der Waals surface area contributed by atoms with Gasteiger partial charge in [0.1, 0.15) is 6.54 Å². The molecule has 0 aliphatic carbocycles. The Balaban J connectivity index is 1.71. The lowest BCUT2D eigenvalue weighted by Crippen LogP contribution is -2.31. The summed E-state index contributed by atoms with van der Waals surface area (Å²) in [5, 5.41) is 2.56. The van der Waals surface area contributed by atoms with E-state index in [2.05, 4.69) is 5.32 Å². The molecule has 0 spiro atoms. The van der Waals surface area contributed by atoms with E-state index < -0.39 is 27.2 Å². The molecular formula is C18H19F2N3O4S2. The van der Waals surface area contributed by atoms with Crippen LogP contribution >= 0.6 is 11.8 Å². The van der Waals surface area contributed by atoms with Crippen LogP contribution in [0.4, 0.5) is 14.5 Å². The number of aromatic nitrogens is 1. The molecule has 1 aliphatic heterocycles. The summed E-state index contributed by atoms with van der Waals surface area (Å²) < 4.78 is 52.3. The predicted octanol–water partition coefficient (Wildman–Crippen LogP) is 2.59. The van der Waals surface area contributed by atoms with Crippen LogP contribution in [0.5, 0.6) is 0 Å². The van der Waals surface area contributed by atoms with Crippen LogP contribution in [0.3, 0.4) is 0 Å². The van der Waals surface area contributed by atoms with E-state index >= 15 is 0 Å². The maximum atomic E-state index is 12.6. The van der Waals surface area contributed by atoms with Gasteiger partial charge in [-0.15, -0.1) is 0 Å². The van der Waals surface area contributed by atoms with Crippen LogP contribution in [-0.2, 0) is 21.4 Å². The van der Waals surface area contributed by atoms with Crippen molar-refractivity contribution in [1.29, 1.82) is 0 Å². The zero-order valence-electron chi connectivity index (χ0n) is 15.3. The lowest BCUT2D eigenvalue weighted by Gasteiger charge is -2.16. The van der Waals surface area contributed by atoms with Crippen molar-refractivity contribution < 1.29 is 22.0 Å². The van der Waals surface area contributed by atoms with Gasteiger partial charge in [-0.05, 0) is 43.2 Å². The van der Waals surface area contributed by atoms with E-state index in [9.17, 15) is 26.8 Å². The molecule has 1 fully saturated rings. The van der Waals surface area contributed by atoms with E-state index in [1.165, 1.54) is 34.6 Å². The van der Waals surface area contributed by atoms with Crippen molar-refractivity contribution in [1.82, 2.24) is 8.87 Å². The molecule has 1 N–H and O–H groups in total. The molecule has 0 unspecified atom stereocenters. The molecule has 2 aromatic rings. The molecule has 1 saturated heterocycles. The lowest BCUT2D eigenvalue weighted by atomic mass is 10.3. The van der Waals surface area contributed by atoms with Gasteiger partial charge in [-0.2, -0.15) is 13.1 Å². The van der Waals surface area contributed by atoms with Gasteiger partial charge in [0.25, 0.3) is 11.3 Å². The Morgan fingerprint density at radius 2 is 1.76 bits per heavy atom. The van der Waals surface area contributed by atoms with Crippen LogP contribution < -0.4 is 10.9 Å². The topological polar surface area (TPSA) is 88.5 Å². The highest BCUT2D eigenvalue weighted by Gasteiger charge is 2.27. The number of thioether (sulfide) groups is 1. The van der Waals surface area contributed by atoms with Crippen LogP contribution in [0.2, 0.25) is 0 Å². The maximum absolute atomic E-state index is 12.6. The van der Waals surface area contributed by atoms with Crippen molar-refractivity contribution in [2.75, 3.05) is 18.4 Å². The first-order valence-electron chi connectivity index (χ1n) is 8.81. The second-order valence-corrected chi connectivity index (χ2v) is 9.39. The molecule has 1 aromatic heterocycles. The second-order valence-electron chi connectivity index (χ2n) is 6.39. The van der Waals surface area contributed by atoms with E-state index in [-0.39, 0.29) is 11.4 Å². The number of pyridine rings is 1. The van der Waals surface area contributed by atoms with Gasteiger partial charge in [0.2, 0.25) is 15.9 Å². The molecule has 0 bridgehead atoms. The van der Waals surface area contributed by atoms with Gasteiger partial charge in [-0.3, -0.25) is 9.59 Å². The SMILES string of the molecule is O=C(Cn1cc(S(=O)(=O)N2CCCC2)ccc1=O)Nc1ccc(SC(F)F)cc1. The Hall–Kier alpha value is -2.24. The number of hydrogen-bond acceptors (Lipinski definition) is 5. The van der Waals surface area contributed by atoms with Crippen LogP contribution in [0, 0.1) is 0 Å². The third-order valence-corrected chi connectivity index (χ3v) is 6.94. The fourth-order valence-corrected chi connectivity index (χ4v) is 4.97. The minimum Gasteiger partial charge on any atom is -0.325 e. The largest absolute Gasteiger partial charge is 0.325 e. The molecule has 7 nitrogen and oxygen atoms in total. The van der Waals surface area contributed by atoms with Crippen molar-refractivity contribution in [3.8, 4) is 0 Å². The Labute approximate surface area is 170 Å². The minimum atomic E-state index is -3.71. The smallest absolute Gasteiger partial charge is 0.288 e. The number of amides is 1. The summed E-state index contributed by atoms with van der Waals surface area (Å²) in [6.45, 7) is 0.485. The van der Waals surface area contributed by atoms with Gasteiger partial charge in [0, 0.05) is 35.9 Å². The third kappa shape index (κ3) is 5.43. The van der Waals surface area contributed by atoms with Crippen LogP contribution in [-0.4, -0.2) is 42.0 Å². The summed E-state index contributed by atoms with van der Waals surface area (Å²) in [6.07, 6.45) is 2.74. The molecular weight excluding hydrogens is 424 g/mol. The van der Waals surface area contributed by atoms with Crippen molar-refractivity contribution in [3.63, 3.8) is 0 Å². The van der Waals surface area contributed by atoms with Crippen LogP contribution in [0.25, 0.3) is 0 Å². The number of benzene rings is 1. The average molecular weight is 443 g/mol. The van der Waals surface area contributed by atoms with Gasteiger partial charge in [0.05, 0.1) is 4.90 Å². The molecule has 1 aliphatic rings. The summed E-state index contributed by atoms with van der Waals surface area (Å²) in [5.74, 6) is -3.08. The first kappa shape index (κ1) is 21.5. The number of rotatable bonds is 7. The monoisotopic (exact) mass is 443 g/mol. The molecule has 2 heterocycles. The number of anilines is 1. The Bertz CT molecular complexity index is 1030. The number of nitrogens with zero attached hydrogens (tertiary/aromatic N) is 2. The zero-order chi connectivity index (χ0) is 21.0. The zero-order valence-corrected chi connectivity index (χ0v) is 16.9. The summed E-state index contributed by atoms with van der Waals surface area (Å²) in [4.78, 5) is 24.6. The van der Waals surface area contributed by atoms with Gasteiger partial charge >= 0.3 is 0 Å². The summed E-state index contributed by atoms with van der Waals surface area (Å²) >= 11 is 0.392. The number of nitrogens with one attached hydrogen (secondary N) is 1. The van der Waals surface area contributed by atoms with Crippen LogP contribution in [0.1, 0.15) is 12.8 Å². The fraction of sp³-hybridized carbons (Fsp3) is 0.333. The first-order valence-corrected chi connectivity index (χ1v) is 11.1. The van der Waals surface area contributed by atoms with Crippen molar-refractivity contribution in [2.24, 2.45) is 0 Å². The number of alkyl halides is 2. The second kappa shape index (κ2) is 9.06. The van der Waals surface area contributed by atoms with Crippen LogP contribution in [0.15, 0.2) is 57.2 Å². The van der Waals surface area contributed by atoms with Gasteiger partial charge < -0.3 is 9.88 Å². The third-order valence-electron chi connectivity index (χ3n) is 4.34. The van der Waals surface area contributed by atoms with Gasteiger partial charge in [-0.1, -0.05) is 11.8 Å². The molecule has 1 amide bonds. The highest BCUT2D eigenvalue weighted by Crippen LogP contribution is 2.26. The molecule has 0 saturated carbocycles. The molecule has 3 rings (SSSR count). The quantitative estimate of drug-likeness (QED) is 0.665. The van der Waals surface area contributed by atoms with E-state index in [0.717, 1.165) is 29.7 Å². The molecule has 0 radical (unpaired) electrons. The number of hydrogen-bond donors (Lipinski definition) is 1. The predicted molar refractivity (Wildman–Crippen MR) is 106 cm³/mol. The minimum absolute atomic E-state index is 0.0415. The number of carbonyl (C=O) groups is 1. The molecule has 0 atom stereocenters. The van der Waals surface area contributed by atoms with Crippen molar-refractivity contribution >= 4 is 33.4 Å². The summed E-state index contributed by atoms with van der Waals surface area (Å²) in [7, 11) is -3.71. The molecule has 11 heteroatoms. The first-order chi connectivity index (χ1) is 13.8. The fourth-order valence-electron chi connectivity index (χ4n) is 2.94. The van der Waals surface area contributed by atoms with Crippen molar-refractivity contribution in [3.05, 3.63) is 52.9 Å². The number of carbonyl (C=O) groups excluding carboxylic acids is 1. The highest BCUT2D eigenvalue weighted by atomic mass is 32.2. The Kier molecular flexibility index (Phi) is 6.70. The normalized spacial score (nSPS) is 15.0. The average Bonchev–Trinajstić information content (AvgIpc) is 3.20. The number of sulfonamides is 1. The number of halogens is 2. The van der Waals surface area contributed by atoms with Gasteiger partial charge in [-0.25, -0.2) is 8.42 Å². The van der Waals surface area contributed by atoms with E-state index in [1.54, 1.807) is 0 Å². The highest BCUT2D eigenvalue weighted by molar-refractivity contribution is 7.99. The summed E-state index contributed by atoms with van der Waals surface area (Å²) in [5.41, 5.74) is -0.133. The standard InChI is InChI=1S/C18H19F2N3O4S2/c19-18(20)28-14-5-3-13(4-6-14)21-16(24)12-22-11-15(7-8-17(22)25)29(26,27)23-9-1-2-10-23/h3-8,11,18H,1-2,9-10,12H2,(H,21,24). The van der Waals surface area contributed by atoms with E-state index in [0.29, 0.717) is 35.4 Å². The van der Waals surface area contributed by atoms with Gasteiger partial charge in [0.15, 0.2) is 0 Å². The maximum Gasteiger partial charge on any atom is 0.288 e. The lowest BCUT2D eigenvalue weighted by molar-refractivity contribution is -0.116. The van der Waals surface area contributed by atoms with E-state index in [1.807, 2.05) is 0 Å². The Morgan fingerprint density at radius 3 is 2.38 bits per heavy atom. The van der Waals surface area contributed by atoms with E-state index in [4.69, 9.17) is 0 Å². The molecule has 29 heavy (non-hydrogen) atoms. The Morgan fingerprint density at radius 1 is 1.10 bits per heavy atom. The molecule has 156 valence electrons. The molecule has 1 aromatic carbocycles. The van der Waals surface area contributed by atoms with Crippen molar-refractivity contribution in [2.45, 2.75) is 34.9 Å². The summed E-state index contributed by atoms with van der Waals surface area (Å²) in [6, 6.07) is 8.19.